The summed E-state index contributed by atoms with van der Waals surface area (Å²) in [5, 5.41) is 28.4. The summed E-state index contributed by atoms with van der Waals surface area (Å²) in [5.41, 5.74) is 0. The molecule has 0 aromatic rings. The number of hydrogen-bond donors (Lipinski definition) is 2. The molecule has 0 atom stereocenters. The third kappa shape index (κ3) is 45.0. The van der Waals surface area contributed by atoms with Crippen LogP contribution in [0, 0.1) is 25.4 Å². The molecular weight excluding hydrogens is 138 g/mol. The van der Waals surface area contributed by atoms with Gasteiger partial charge >= 0.3 is 0 Å². The predicted octanol–water partition coefficient (Wildman–Crippen LogP) is -0.211. The van der Waals surface area contributed by atoms with Crippen LogP contribution in [-0.4, -0.2) is 15.4 Å². The maximum atomic E-state index is 8.36. The van der Waals surface area contributed by atoms with E-state index < -0.39 is 10.2 Å². The Morgan fingerprint density at radius 1 is 1.11 bits per heavy atom. The van der Waals surface area contributed by atoms with Crippen LogP contribution in [0.25, 0.3) is 0 Å². The molecule has 56 valence electrons. The Labute approximate surface area is 48.3 Å². The van der Waals surface area contributed by atoms with Gasteiger partial charge in [0.05, 0.1) is 5.09 Å². The van der Waals surface area contributed by atoms with Gasteiger partial charge in [0.25, 0.3) is 5.09 Å². The molecule has 0 aliphatic heterocycles. The highest BCUT2D eigenvalue weighted by Crippen LogP contribution is 1.44. The van der Waals surface area contributed by atoms with Crippen molar-refractivity contribution in [3.8, 4) is 0 Å². The summed E-state index contributed by atoms with van der Waals surface area (Å²) in [4.78, 5) is 16.6. The first-order chi connectivity index (χ1) is 3.46. The standard InChI is InChI=1S/HNO3.NO3.H3N/c2*2-1(3)4;/h(H,2,3,4);;1H3/q;-1;/p+1. The molecule has 0 amide bonds. The molecule has 9 nitrogen and oxygen atoms in total. The van der Waals surface area contributed by atoms with Crippen molar-refractivity contribution in [3.63, 3.8) is 0 Å². The van der Waals surface area contributed by atoms with E-state index >= 15 is 0 Å². The van der Waals surface area contributed by atoms with Crippen LogP contribution in [0.3, 0.4) is 0 Å². The smallest absolute Gasteiger partial charge is 0.291 e. The summed E-state index contributed by atoms with van der Waals surface area (Å²) in [6.45, 7) is 0. The molecule has 0 bridgehead atoms. The van der Waals surface area contributed by atoms with Crippen molar-refractivity contribution < 1.29 is 15.4 Å². The van der Waals surface area contributed by atoms with E-state index in [1.807, 2.05) is 0 Å². The molecule has 9 heavy (non-hydrogen) atoms. The number of rotatable bonds is 0. The maximum absolute atomic E-state index is 8.36. The second kappa shape index (κ2) is 9.61. The summed E-state index contributed by atoms with van der Waals surface area (Å²) < 4.78 is 0. The maximum Gasteiger partial charge on any atom is 0.291 e. The first-order valence-corrected chi connectivity index (χ1v) is 1.11. The van der Waals surface area contributed by atoms with Crippen molar-refractivity contribution in [1.82, 2.24) is 6.15 Å². The van der Waals surface area contributed by atoms with Crippen LogP contribution in [0.1, 0.15) is 0 Å². The predicted molar refractivity (Wildman–Crippen MR) is 25.1 cm³/mol. The van der Waals surface area contributed by atoms with Gasteiger partial charge in [-0.1, -0.05) is 0 Å². The SMILES string of the molecule is O=[N+]([O-])O.O=[N+]([O-])[O-].[NH4+]. The Morgan fingerprint density at radius 2 is 1.11 bits per heavy atom. The van der Waals surface area contributed by atoms with Gasteiger partial charge in [-0.05, 0) is 0 Å². The van der Waals surface area contributed by atoms with Gasteiger partial charge in [0.15, 0.2) is 0 Å². The van der Waals surface area contributed by atoms with Crippen molar-refractivity contribution in [2.24, 2.45) is 0 Å². The van der Waals surface area contributed by atoms with Gasteiger partial charge in [0.1, 0.15) is 0 Å². The quantitative estimate of drug-likeness (QED) is 0.351. The zero-order valence-corrected chi connectivity index (χ0v) is 4.38. The van der Waals surface area contributed by atoms with Crippen molar-refractivity contribution in [2.45, 2.75) is 0 Å². The molecule has 5 N–H and O–H groups in total. The van der Waals surface area contributed by atoms with E-state index in [-0.39, 0.29) is 6.15 Å². The minimum atomic E-state index is -1.75. The van der Waals surface area contributed by atoms with Gasteiger partial charge in [-0.25, -0.2) is 0 Å². The molecule has 0 unspecified atom stereocenters. The normalized spacial score (nSPS) is 5.33. The fourth-order valence-electron chi connectivity index (χ4n) is 0. The summed E-state index contributed by atoms with van der Waals surface area (Å²) in [7, 11) is 0. The van der Waals surface area contributed by atoms with E-state index in [9.17, 15) is 0 Å². The van der Waals surface area contributed by atoms with Crippen LogP contribution in [0.2, 0.25) is 0 Å². The molecule has 0 rings (SSSR count). The van der Waals surface area contributed by atoms with E-state index in [1.54, 1.807) is 0 Å². The van der Waals surface area contributed by atoms with Crippen LogP contribution in [0.4, 0.5) is 0 Å². The van der Waals surface area contributed by atoms with Crippen molar-refractivity contribution in [2.75, 3.05) is 0 Å². The van der Waals surface area contributed by atoms with Crippen LogP contribution < -0.4 is 6.15 Å². The molecule has 0 aliphatic rings. The largest absolute Gasteiger partial charge is 0.369 e. The van der Waals surface area contributed by atoms with Gasteiger partial charge in [-0.15, -0.1) is 10.1 Å². The third-order valence-electron chi connectivity index (χ3n) is 0. The Morgan fingerprint density at radius 3 is 1.11 bits per heavy atom. The van der Waals surface area contributed by atoms with Gasteiger partial charge in [0.2, 0.25) is 0 Å². The van der Waals surface area contributed by atoms with E-state index in [0.29, 0.717) is 0 Å². The molecule has 0 fully saturated rings. The van der Waals surface area contributed by atoms with Crippen LogP contribution in [0.5, 0.6) is 0 Å². The number of hydrogen-bond acceptors (Lipinski definition) is 5. The minimum Gasteiger partial charge on any atom is -0.369 e. The molecule has 0 radical (unpaired) electrons. The Hall–Kier alpha value is -1.64. The average molecular weight is 143 g/mol. The molecule has 0 saturated heterocycles. The second-order valence-corrected chi connectivity index (χ2v) is 0.461. The molecule has 0 aromatic carbocycles. The van der Waals surface area contributed by atoms with Gasteiger partial charge in [-0.2, -0.15) is 0 Å². The molecule has 0 aromatic heterocycles. The Kier molecular flexibility index (Phi) is 16.7. The lowest BCUT2D eigenvalue weighted by Crippen LogP contribution is -1.81. The lowest BCUT2D eigenvalue weighted by Gasteiger charge is -1.74. The molecular formula is H5N3O6. The number of nitrogens with zero attached hydrogens (tertiary/aromatic N) is 2. The molecule has 9 heteroatoms. The van der Waals surface area contributed by atoms with Crippen molar-refractivity contribution in [3.05, 3.63) is 25.4 Å². The highest BCUT2D eigenvalue weighted by molar-refractivity contribution is 4.03. The Bertz CT molecular complexity index is 66.3. The van der Waals surface area contributed by atoms with Gasteiger partial charge in [-0.3, -0.25) is 0 Å². The van der Waals surface area contributed by atoms with Crippen LogP contribution in [-0.2, 0) is 0 Å². The Balaban J connectivity index is -0.0000000720. The lowest BCUT2D eigenvalue weighted by atomic mass is 13.1. The van der Waals surface area contributed by atoms with E-state index in [0.717, 1.165) is 0 Å². The van der Waals surface area contributed by atoms with Gasteiger partial charge < -0.3 is 26.7 Å². The van der Waals surface area contributed by atoms with Crippen molar-refractivity contribution in [1.29, 1.82) is 0 Å². The highest BCUT2D eigenvalue weighted by Gasteiger charge is 1.65. The van der Waals surface area contributed by atoms with Crippen molar-refractivity contribution >= 4 is 0 Å². The molecule has 0 heterocycles. The summed E-state index contributed by atoms with van der Waals surface area (Å²) in [6.07, 6.45) is 0. The fraction of sp³-hybridized carbons (Fsp3) is 0. The monoisotopic (exact) mass is 143 g/mol. The first kappa shape index (κ1) is 15.7. The third-order valence-corrected chi connectivity index (χ3v) is 0. The minimum absolute atomic E-state index is 0. The number of quaternary nitrogens is 1. The fourth-order valence-corrected chi connectivity index (χ4v) is 0. The van der Waals surface area contributed by atoms with Gasteiger partial charge in [0, 0.05) is 0 Å². The second-order valence-electron chi connectivity index (χ2n) is 0.461. The van der Waals surface area contributed by atoms with Crippen LogP contribution in [0.15, 0.2) is 0 Å². The summed E-state index contributed by atoms with van der Waals surface area (Å²) in [6, 6.07) is 0. The molecule has 0 aliphatic carbocycles. The first-order valence-electron chi connectivity index (χ1n) is 1.11. The average Bonchev–Trinajstić information content (AvgIpc) is 1.25. The molecule has 0 spiro atoms. The highest BCUT2D eigenvalue weighted by atomic mass is 16.9. The lowest BCUT2D eigenvalue weighted by molar-refractivity contribution is -0.742. The summed E-state index contributed by atoms with van der Waals surface area (Å²) in [5.74, 6) is 0. The topological polar surface area (TPSA) is 166 Å². The van der Waals surface area contributed by atoms with E-state index in [1.165, 1.54) is 0 Å². The van der Waals surface area contributed by atoms with E-state index in [2.05, 4.69) is 0 Å². The zero-order valence-electron chi connectivity index (χ0n) is 4.38. The van der Waals surface area contributed by atoms with E-state index in [4.69, 9.17) is 30.6 Å². The summed E-state index contributed by atoms with van der Waals surface area (Å²) >= 11 is 0. The molecule has 0 saturated carbocycles. The zero-order chi connectivity index (χ0) is 7.15. The van der Waals surface area contributed by atoms with Crippen LogP contribution >= 0.6 is 0 Å².